The quantitative estimate of drug-likeness (QED) is 0.659. The van der Waals surface area contributed by atoms with Crippen LogP contribution in [-0.2, 0) is 4.79 Å². The summed E-state index contributed by atoms with van der Waals surface area (Å²) in [5, 5.41) is 4.80. The number of rotatable bonds is 3. The lowest BCUT2D eigenvalue weighted by Gasteiger charge is -2.31. The Bertz CT molecular complexity index is 895. The largest absolute Gasteiger partial charge is 0.454 e. The first-order valence-electron chi connectivity index (χ1n) is 7.52. The van der Waals surface area contributed by atoms with E-state index in [1.807, 2.05) is 22.6 Å². The molecule has 2 aromatic rings. The molecule has 0 aliphatic carbocycles. The highest BCUT2D eigenvalue weighted by Gasteiger charge is 2.46. The topological polar surface area (TPSA) is 58.2 Å². The van der Waals surface area contributed by atoms with Crippen LogP contribution in [-0.4, -0.2) is 18.0 Å². The number of carbonyl (C=O) groups is 2. The average molecular weight is 472 g/mol. The molecule has 1 aliphatic rings. The molecule has 8 heteroatoms. The van der Waals surface area contributed by atoms with E-state index in [-0.39, 0.29) is 5.70 Å². The first-order chi connectivity index (χ1) is 12.3. The molecule has 134 valence electrons. The van der Waals surface area contributed by atoms with Crippen LogP contribution in [0.5, 0.6) is 0 Å². The molecule has 26 heavy (non-hydrogen) atoms. The Labute approximate surface area is 160 Å². The average Bonchev–Trinajstić information content (AvgIpc) is 2.61. The van der Waals surface area contributed by atoms with Crippen LogP contribution in [0.2, 0.25) is 0 Å². The van der Waals surface area contributed by atoms with Crippen molar-refractivity contribution in [1.82, 2.24) is 10.6 Å². The molecule has 0 saturated heterocycles. The number of alkyl halides is 3. The lowest BCUT2D eigenvalue weighted by atomic mass is 9.89. The van der Waals surface area contributed by atoms with Crippen LogP contribution >= 0.6 is 22.6 Å². The van der Waals surface area contributed by atoms with Gasteiger partial charge in [0.05, 0.1) is 17.3 Å². The van der Waals surface area contributed by atoms with Crippen LogP contribution in [0.15, 0.2) is 60.2 Å². The number of halogens is 4. The molecule has 0 bridgehead atoms. The maximum Gasteiger partial charge on any atom is 0.454 e. The molecule has 1 heterocycles. The molecule has 0 unspecified atom stereocenters. The van der Waals surface area contributed by atoms with E-state index in [1.165, 1.54) is 12.1 Å². The second-order valence-corrected chi connectivity index (χ2v) is 6.70. The molecule has 1 atom stereocenters. The predicted molar refractivity (Wildman–Crippen MR) is 98.0 cm³/mol. The highest BCUT2D eigenvalue weighted by Crippen LogP contribution is 2.37. The molecule has 0 spiro atoms. The number of hydrogen-bond donors (Lipinski definition) is 2. The molecular weight excluding hydrogens is 460 g/mol. The SMILES string of the molecule is O=C1NC(c2ccccc2)=C(C(=O)C(F)(F)F)[C@@H](c2ccccc2I)N1. The van der Waals surface area contributed by atoms with E-state index < -0.39 is 29.6 Å². The Hall–Kier alpha value is -2.36. The maximum atomic E-state index is 13.3. The fraction of sp³-hybridized carbons (Fsp3) is 0.111. The molecule has 1 aliphatic heterocycles. The van der Waals surface area contributed by atoms with E-state index in [2.05, 4.69) is 10.6 Å². The van der Waals surface area contributed by atoms with E-state index in [0.717, 1.165) is 0 Å². The van der Waals surface area contributed by atoms with Crippen LogP contribution in [0, 0.1) is 3.57 Å². The summed E-state index contributed by atoms with van der Waals surface area (Å²) in [6.45, 7) is 0. The standard InChI is InChI=1S/C18H12F3IN2O2/c19-18(20,21)16(25)13-14(10-6-2-1-3-7-10)23-17(26)24-15(13)11-8-4-5-9-12(11)22/h1-9,15H,(H2,23,24,26)/t15-/m1/s1. The molecule has 2 aromatic carbocycles. The molecule has 0 aromatic heterocycles. The first kappa shape index (κ1) is 18.4. The van der Waals surface area contributed by atoms with Crippen molar-refractivity contribution in [2.75, 3.05) is 0 Å². The van der Waals surface area contributed by atoms with Crippen LogP contribution in [0.4, 0.5) is 18.0 Å². The van der Waals surface area contributed by atoms with Gasteiger partial charge in [-0.1, -0.05) is 48.5 Å². The monoisotopic (exact) mass is 472 g/mol. The van der Waals surface area contributed by atoms with Crippen molar-refractivity contribution in [2.45, 2.75) is 12.2 Å². The van der Waals surface area contributed by atoms with Crippen LogP contribution in [0.3, 0.4) is 0 Å². The number of ketones is 1. The third-order valence-corrected chi connectivity index (χ3v) is 4.84. The van der Waals surface area contributed by atoms with Gasteiger partial charge in [0.2, 0.25) is 0 Å². The number of Topliss-reactive ketones (excluding diaryl/α,β-unsaturated/α-hetero) is 1. The van der Waals surface area contributed by atoms with E-state index in [0.29, 0.717) is 14.7 Å². The fourth-order valence-electron chi connectivity index (χ4n) is 2.74. The molecule has 2 N–H and O–H groups in total. The Kier molecular flexibility index (Phi) is 5.03. The fourth-order valence-corrected chi connectivity index (χ4v) is 3.44. The highest BCUT2D eigenvalue weighted by molar-refractivity contribution is 14.1. The number of hydrogen-bond acceptors (Lipinski definition) is 2. The number of urea groups is 1. The number of nitrogens with one attached hydrogen (secondary N) is 2. The molecule has 2 amide bonds. The summed E-state index contributed by atoms with van der Waals surface area (Å²) < 4.78 is 40.5. The van der Waals surface area contributed by atoms with Gasteiger partial charge >= 0.3 is 12.2 Å². The van der Waals surface area contributed by atoms with Crippen molar-refractivity contribution in [1.29, 1.82) is 0 Å². The summed E-state index contributed by atoms with van der Waals surface area (Å²) in [5.41, 5.74) is 0.0728. The van der Waals surface area contributed by atoms with Crippen molar-refractivity contribution in [3.05, 3.63) is 74.9 Å². The summed E-state index contributed by atoms with van der Waals surface area (Å²) in [6, 6.07) is 12.8. The van der Waals surface area contributed by atoms with Gasteiger partial charge in [0, 0.05) is 3.57 Å². The molecule has 0 radical (unpaired) electrons. The summed E-state index contributed by atoms with van der Waals surface area (Å²) >= 11 is 1.96. The van der Waals surface area contributed by atoms with Crippen LogP contribution < -0.4 is 10.6 Å². The minimum atomic E-state index is -5.07. The van der Waals surface area contributed by atoms with Crippen molar-refractivity contribution < 1.29 is 22.8 Å². The third-order valence-electron chi connectivity index (χ3n) is 3.85. The lowest BCUT2D eigenvalue weighted by molar-refractivity contribution is -0.166. The Morgan fingerprint density at radius 1 is 1.00 bits per heavy atom. The van der Waals surface area contributed by atoms with E-state index in [1.54, 1.807) is 42.5 Å². The van der Waals surface area contributed by atoms with Crippen molar-refractivity contribution in [3.63, 3.8) is 0 Å². The molecular formula is C18H12F3IN2O2. The summed E-state index contributed by atoms with van der Waals surface area (Å²) in [6.07, 6.45) is -5.07. The zero-order chi connectivity index (χ0) is 18.9. The van der Waals surface area contributed by atoms with Crippen molar-refractivity contribution in [2.24, 2.45) is 0 Å². The highest BCUT2D eigenvalue weighted by atomic mass is 127. The zero-order valence-electron chi connectivity index (χ0n) is 13.1. The van der Waals surface area contributed by atoms with E-state index in [4.69, 9.17) is 0 Å². The van der Waals surface area contributed by atoms with Crippen LogP contribution in [0.25, 0.3) is 5.70 Å². The maximum absolute atomic E-state index is 13.3. The lowest BCUT2D eigenvalue weighted by Crippen LogP contribution is -2.47. The van der Waals surface area contributed by atoms with Gasteiger partial charge in [-0.2, -0.15) is 13.2 Å². The smallest absolute Gasteiger partial charge is 0.327 e. The normalized spacial score (nSPS) is 17.5. The second-order valence-electron chi connectivity index (χ2n) is 5.53. The second kappa shape index (κ2) is 7.10. The minimum absolute atomic E-state index is 0.138. The van der Waals surface area contributed by atoms with Gasteiger partial charge in [0.1, 0.15) is 0 Å². The van der Waals surface area contributed by atoms with Crippen molar-refractivity contribution in [3.8, 4) is 0 Å². The molecule has 0 fully saturated rings. The number of carbonyl (C=O) groups excluding carboxylic acids is 2. The molecule has 0 saturated carbocycles. The van der Waals surface area contributed by atoms with Gasteiger partial charge in [0.15, 0.2) is 0 Å². The van der Waals surface area contributed by atoms with Gasteiger partial charge < -0.3 is 10.6 Å². The zero-order valence-corrected chi connectivity index (χ0v) is 15.3. The Morgan fingerprint density at radius 3 is 2.23 bits per heavy atom. The summed E-state index contributed by atoms with van der Waals surface area (Å²) in [4.78, 5) is 24.3. The van der Waals surface area contributed by atoms with Gasteiger partial charge in [-0.3, -0.25) is 4.79 Å². The number of amides is 2. The Balaban J connectivity index is 2.27. The van der Waals surface area contributed by atoms with Crippen LogP contribution in [0.1, 0.15) is 17.2 Å². The number of benzene rings is 2. The van der Waals surface area contributed by atoms with E-state index >= 15 is 0 Å². The Morgan fingerprint density at radius 2 is 1.62 bits per heavy atom. The van der Waals surface area contributed by atoms with Gasteiger partial charge in [-0.05, 0) is 39.8 Å². The molecule has 3 rings (SSSR count). The third kappa shape index (κ3) is 3.59. The summed E-state index contributed by atoms with van der Waals surface area (Å²) in [7, 11) is 0. The predicted octanol–water partition coefficient (Wildman–Crippen LogP) is 4.19. The molecule has 4 nitrogen and oxygen atoms in total. The van der Waals surface area contributed by atoms with Gasteiger partial charge in [0.25, 0.3) is 5.78 Å². The van der Waals surface area contributed by atoms with E-state index in [9.17, 15) is 22.8 Å². The summed E-state index contributed by atoms with van der Waals surface area (Å²) in [5.74, 6) is -1.99. The minimum Gasteiger partial charge on any atom is -0.327 e. The van der Waals surface area contributed by atoms with Crippen molar-refractivity contribution >= 4 is 40.1 Å². The first-order valence-corrected chi connectivity index (χ1v) is 8.60. The van der Waals surface area contributed by atoms with Gasteiger partial charge in [-0.25, -0.2) is 4.79 Å². The van der Waals surface area contributed by atoms with Gasteiger partial charge in [-0.15, -0.1) is 0 Å².